The van der Waals surface area contributed by atoms with Gasteiger partial charge < -0.3 is 19.9 Å². The zero-order valence-corrected chi connectivity index (χ0v) is 15.2. The minimum atomic E-state index is -0.943. The maximum absolute atomic E-state index is 12.7. The van der Waals surface area contributed by atoms with Crippen molar-refractivity contribution in [3.8, 4) is 16.9 Å². The van der Waals surface area contributed by atoms with Crippen LogP contribution < -0.4 is 5.32 Å². The summed E-state index contributed by atoms with van der Waals surface area (Å²) in [6.07, 6.45) is 3.70. The molecule has 1 amide bonds. The molecule has 1 aromatic heterocycles. The van der Waals surface area contributed by atoms with Crippen molar-refractivity contribution in [2.75, 3.05) is 19.6 Å². The van der Waals surface area contributed by atoms with Crippen LogP contribution in [0.1, 0.15) is 10.4 Å². The Hall–Kier alpha value is -3.45. The van der Waals surface area contributed by atoms with Crippen molar-refractivity contribution >= 4 is 11.9 Å². The third kappa shape index (κ3) is 3.65. The van der Waals surface area contributed by atoms with Crippen LogP contribution in [0.25, 0.3) is 16.9 Å². The van der Waals surface area contributed by atoms with E-state index in [0.717, 1.165) is 16.9 Å². The molecule has 28 heavy (non-hydrogen) atoms. The van der Waals surface area contributed by atoms with E-state index < -0.39 is 12.0 Å². The van der Waals surface area contributed by atoms with Crippen LogP contribution >= 0.6 is 0 Å². The van der Waals surface area contributed by atoms with Gasteiger partial charge in [0.1, 0.15) is 6.04 Å². The summed E-state index contributed by atoms with van der Waals surface area (Å²) in [6, 6.07) is 16.4. The molecule has 1 unspecified atom stereocenters. The molecule has 1 aliphatic rings. The highest BCUT2D eigenvalue weighted by molar-refractivity contribution is 5.95. The largest absolute Gasteiger partial charge is 0.480 e. The Kier molecular flexibility index (Phi) is 4.90. The van der Waals surface area contributed by atoms with Crippen LogP contribution in [0, 0.1) is 0 Å². The number of aliphatic carboxylic acids is 1. The molecule has 142 valence electrons. The molecule has 0 aliphatic carbocycles. The fraction of sp³-hybridized carbons (Fsp3) is 0.190. The molecule has 1 fully saturated rings. The van der Waals surface area contributed by atoms with Gasteiger partial charge in [0.2, 0.25) is 0 Å². The lowest BCUT2D eigenvalue weighted by molar-refractivity contribution is -0.140. The van der Waals surface area contributed by atoms with Crippen LogP contribution in [0.2, 0.25) is 0 Å². The standard InChI is InChI=1S/C21H20N4O3/c26-20(24-11-10-22-19(13-24)21(27)28)16-8-6-15(7-9-16)18-12-25(14-23-18)17-4-2-1-3-5-17/h1-9,12,14,19,22H,10-11,13H2,(H,27,28). The van der Waals surface area contributed by atoms with E-state index in [9.17, 15) is 9.59 Å². The first-order valence-corrected chi connectivity index (χ1v) is 9.07. The molecule has 2 aromatic carbocycles. The molecule has 3 aromatic rings. The van der Waals surface area contributed by atoms with Crippen LogP contribution in [-0.4, -0.2) is 57.1 Å². The Morgan fingerprint density at radius 3 is 2.54 bits per heavy atom. The van der Waals surface area contributed by atoms with Crippen molar-refractivity contribution < 1.29 is 14.7 Å². The Labute approximate surface area is 162 Å². The van der Waals surface area contributed by atoms with E-state index in [2.05, 4.69) is 10.3 Å². The summed E-state index contributed by atoms with van der Waals surface area (Å²) in [5.41, 5.74) is 3.29. The number of para-hydroxylation sites is 1. The Morgan fingerprint density at radius 1 is 1.07 bits per heavy atom. The molecule has 7 heteroatoms. The third-order valence-corrected chi connectivity index (χ3v) is 4.83. The number of hydrogen-bond donors (Lipinski definition) is 2. The number of carbonyl (C=O) groups is 2. The van der Waals surface area contributed by atoms with E-state index in [1.54, 1.807) is 23.4 Å². The number of carbonyl (C=O) groups excluding carboxylic acids is 1. The third-order valence-electron chi connectivity index (χ3n) is 4.83. The van der Waals surface area contributed by atoms with Crippen LogP contribution in [0.15, 0.2) is 67.1 Å². The Bertz CT molecular complexity index is 982. The number of piperazine rings is 1. The molecule has 1 aliphatic heterocycles. The van der Waals surface area contributed by atoms with Gasteiger partial charge in [-0.3, -0.25) is 9.59 Å². The average Bonchev–Trinajstić information content (AvgIpc) is 3.24. The number of imidazole rings is 1. The first-order valence-electron chi connectivity index (χ1n) is 9.07. The van der Waals surface area contributed by atoms with Crippen molar-refractivity contribution in [2.45, 2.75) is 6.04 Å². The first-order chi connectivity index (χ1) is 13.6. The number of nitrogens with zero attached hydrogens (tertiary/aromatic N) is 3. The molecule has 1 atom stereocenters. The summed E-state index contributed by atoms with van der Waals surface area (Å²) < 4.78 is 1.95. The monoisotopic (exact) mass is 376 g/mol. The zero-order valence-electron chi connectivity index (χ0n) is 15.2. The Balaban J connectivity index is 1.49. The van der Waals surface area contributed by atoms with Crippen LogP contribution in [-0.2, 0) is 4.79 Å². The summed E-state index contributed by atoms with van der Waals surface area (Å²) in [5, 5.41) is 12.0. The molecule has 0 spiro atoms. The highest BCUT2D eigenvalue weighted by atomic mass is 16.4. The summed E-state index contributed by atoms with van der Waals surface area (Å²) in [5.74, 6) is -1.10. The topological polar surface area (TPSA) is 87.5 Å². The van der Waals surface area contributed by atoms with Gasteiger partial charge in [0.05, 0.1) is 12.0 Å². The second-order valence-electron chi connectivity index (χ2n) is 6.68. The van der Waals surface area contributed by atoms with Crippen molar-refractivity contribution in [1.82, 2.24) is 19.8 Å². The molecule has 4 rings (SSSR count). The fourth-order valence-corrected chi connectivity index (χ4v) is 3.28. The average molecular weight is 376 g/mol. The quantitative estimate of drug-likeness (QED) is 0.728. The van der Waals surface area contributed by atoms with Crippen molar-refractivity contribution in [2.24, 2.45) is 0 Å². The van der Waals surface area contributed by atoms with Gasteiger partial charge >= 0.3 is 5.97 Å². The van der Waals surface area contributed by atoms with E-state index in [1.165, 1.54) is 0 Å². The fourth-order valence-electron chi connectivity index (χ4n) is 3.28. The first kappa shape index (κ1) is 17.9. The number of aromatic nitrogens is 2. The highest BCUT2D eigenvalue weighted by Gasteiger charge is 2.28. The Morgan fingerprint density at radius 2 is 1.82 bits per heavy atom. The van der Waals surface area contributed by atoms with E-state index >= 15 is 0 Å². The van der Waals surface area contributed by atoms with E-state index in [1.807, 2.05) is 53.2 Å². The number of carboxylic acids is 1. The van der Waals surface area contributed by atoms with Gasteiger partial charge in [-0.05, 0) is 24.3 Å². The lowest BCUT2D eigenvalue weighted by atomic mass is 10.1. The summed E-state index contributed by atoms with van der Waals surface area (Å²) in [6.45, 7) is 1.13. The predicted molar refractivity (Wildman–Crippen MR) is 104 cm³/mol. The lowest BCUT2D eigenvalue weighted by Crippen LogP contribution is -2.55. The van der Waals surface area contributed by atoms with Crippen molar-refractivity contribution in [3.63, 3.8) is 0 Å². The molecule has 0 radical (unpaired) electrons. The number of amides is 1. The van der Waals surface area contributed by atoms with Gasteiger partial charge in [-0.25, -0.2) is 4.98 Å². The molecule has 7 nitrogen and oxygen atoms in total. The molecule has 0 bridgehead atoms. The number of rotatable bonds is 4. The second kappa shape index (κ2) is 7.66. The lowest BCUT2D eigenvalue weighted by Gasteiger charge is -2.31. The van der Waals surface area contributed by atoms with Crippen molar-refractivity contribution in [3.05, 3.63) is 72.7 Å². The van der Waals surface area contributed by atoms with Gasteiger partial charge in [0.25, 0.3) is 5.91 Å². The molecular formula is C21H20N4O3. The summed E-state index contributed by atoms with van der Waals surface area (Å²) in [4.78, 5) is 29.9. The molecule has 2 heterocycles. The van der Waals surface area contributed by atoms with Crippen LogP contribution in [0.5, 0.6) is 0 Å². The smallest absolute Gasteiger partial charge is 0.322 e. The zero-order chi connectivity index (χ0) is 19.5. The minimum Gasteiger partial charge on any atom is -0.480 e. The van der Waals surface area contributed by atoms with E-state index in [0.29, 0.717) is 18.7 Å². The van der Waals surface area contributed by atoms with Gasteiger partial charge in [-0.15, -0.1) is 0 Å². The van der Waals surface area contributed by atoms with Gasteiger partial charge in [-0.1, -0.05) is 30.3 Å². The van der Waals surface area contributed by atoms with Crippen LogP contribution in [0.3, 0.4) is 0 Å². The van der Waals surface area contributed by atoms with E-state index in [4.69, 9.17) is 5.11 Å². The number of nitrogens with one attached hydrogen (secondary N) is 1. The summed E-state index contributed by atoms with van der Waals surface area (Å²) >= 11 is 0. The number of carboxylic acid groups (broad SMARTS) is 1. The maximum atomic E-state index is 12.7. The second-order valence-corrected chi connectivity index (χ2v) is 6.68. The summed E-state index contributed by atoms with van der Waals surface area (Å²) in [7, 11) is 0. The van der Waals surface area contributed by atoms with Gasteiger partial charge in [-0.2, -0.15) is 0 Å². The minimum absolute atomic E-state index is 0.158. The van der Waals surface area contributed by atoms with E-state index in [-0.39, 0.29) is 12.5 Å². The molecule has 0 saturated carbocycles. The van der Waals surface area contributed by atoms with Crippen molar-refractivity contribution in [1.29, 1.82) is 0 Å². The van der Waals surface area contributed by atoms with Gasteiger partial charge in [0.15, 0.2) is 0 Å². The normalized spacial score (nSPS) is 16.7. The molecular weight excluding hydrogens is 356 g/mol. The number of hydrogen-bond acceptors (Lipinski definition) is 4. The maximum Gasteiger partial charge on any atom is 0.322 e. The molecule has 1 saturated heterocycles. The predicted octanol–water partition coefficient (Wildman–Crippen LogP) is 2.04. The number of benzene rings is 2. The SMILES string of the molecule is O=C(O)C1CN(C(=O)c2ccc(-c3cn(-c4ccccc4)cn3)cc2)CCN1. The molecule has 2 N–H and O–H groups in total. The van der Waals surface area contributed by atoms with Crippen LogP contribution in [0.4, 0.5) is 0 Å². The highest BCUT2D eigenvalue weighted by Crippen LogP contribution is 2.20. The van der Waals surface area contributed by atoms with Gasteiger partial charge in [0, 0.05) is 42.6 Å².